The van der Waals surface area contributed by atoms with E-state index in [2.05, 4.69) is 5.32 Å². The molecule has 2 aromatic carbocycles. The number of nitriles is 1. The number of halogens is 2. The molecule has 22 heavy (non-hydrogen) atoms. The predicted octanol–water partition coefficient (Wildman–Crippen LogP) is 2.72. The molecule has 4 nitrogen and oxygen atoms in total. The molecule has 0 heterocycles. The zero-order chi connectivity index (χ0) is 15.9. The summed E-state index contributed by atoms with van der Waals surface area (Å²) in [7, 11) is 0. The summed E-state index contributed by atoms with van der Waals surface area (Å²) in [5.74, 6) is -2.60. The summed E-state index contributed by atoms with van der Waals surface area (Å²) in [5, 5.41) is 10.9. The molecule has 0 fully saturated rings. The molecular formula is C16H12F2N2O2. The molecule has 0 unspecified atom stereocenters. The van der Waals surface area contributed by atoms with Crippen molar-refractivity contribution < 1.29 is 18.3 Å². The Bertz CT molecular complexity index is 699. The Hall–Kier alpha value is -2.94. The summed E-state index contributed by atoms with van der Waals surface area (Å²) >= 11 is 0. The minimum absolute atomic E-state index is 0.0138. The van der Waals surface area contributed by atoms with Gasteiger partial charge in [-0.25, -0.2) is 8.78 Å². The van der Waals surface area contributed by atoms with Gasteiger partial charge in [0.05, 0.1) is 6.07 Å². The average molecular weight is 302 g/mol. The number of hydrogen-bond donors (Lipinski definition) is 1. The Morgan fingerprint density at radius 2 is 1.91 bits per heavy atom. The van der Waals surface area contributed by atoms with Gasteiger partial charge in [-0.15, -0.1) is 0 Å². The smallest absolute Gasteiger partial charge is 0.266 e. The first kappa shape index (κ1) is 15.4. The maximum absolute atomic E-state index is 13.2. The van der Waals surface area contributed by atoms with Crippen molar-refractivity contribution >= 4 is 5.91 Å². The van der Waals surface area contributed by atoms with E-state index in [-0.39, 0.29) is 12.3 Å². The summed E-state index contributed by atoms with van der Waals surface area (Å²) in [6.07, 6.45) is -1.07. The highest BCUT2D eigenvalue weighted by molar-refractivity contribution is 5.82. The zero-order valence-corrected chi connectivity index (χ0v) is 11.4. The number of hydrogen-bond acceptors (Lipinski definition) is 3. The van der Waals surface area contributed by atoms with E-state index in [1.807, 2.05) is 0 Å². The van der Waals surface area contributed by atoms with Gasteiger partial charge in [-0.05, 0) is 12.1 Å². The third kappa shape index (κ3) is 3.79. The van der Waals surface area contributed by atoms with Crippen molar-refractivity contribution in [1.82, 2.24) is 5.32 Å². The quantitative estimate of drug-likeness (QED) is 0.864. The molecule has 0 aliphatic rings. The minimum Gasteiger partial charge on any atom is -0.476 e. The van der Waals surface area contributed by atoms with Crippen LogP contribution in [-0.2, 0) is 4.79 Å². The molecular weight excluding hydrogens is 290 g/mol. The lowest BCUT2D eigenvalue weighted by Gasteiger charge is -2.18. The third-order valence-corrected chi connectivity index (χ3v) is 2.83. The fourth-order valence-electron chi connectivity index (χ4n) is 1.81. The SMILES string of the molecule is N#CCNC(=O)[C@H](Oc1ccc(F)c(F)c1)c1ccccc1. The molecule has 0 radical (unpaired) electrons. The van der Waals surface area contributed by atoms with Crippen molar-refractivity contribution in [2.45, 2.75) is 6.10 Å². The molecule has 0 aromatic heterocycles. The molecule has 0 saturated heterocycles. The first-order chi connectivity index (χ1) is 10.6. The third-order valence-electron chi connectivity index (χ3n) is 2.83. The zero-order valence-electron chi connectivity index (χ0n) is 11.4. The van der Waals surface area contributed by atoms with Crippen LogP contribution in [0.4, 0.5) is 8.78 Å². The van der Waals surface area contributed by atoms with Crippen molar-refractivity contribution in [3.8, 4) is 11.8 Å². The predicted molar refractivity (Wildman–Crippen MR) is 74.8 cm³/mol. The summed E-state index contributed by atoms with van der Waals surface area (Å²) in [4.78, 5) is 12.1. The van der Waals surface area contributed by atoms with Crippen LogP contribution >= 0.6 is 0 Å². The highest BCUT2D eigenvalue weighted by Gasteiger charge is 2.22. The highest BCUT2D eigenvalue weighted by atomic mass is 19.2. The van der Waals surface area contributed by atoms with Gasteiger partial charge in [0.25, 0.3) is 5.91 Å². The van der Waals surface area contributed by atoms with E-state index in [1.54, 1.807) is 36.4 Å². The highest BCUT2D eigenvalue weighted by Crippen LogP contribution is 2.23. The lowest BCUT2D eigenvalue weighted by molar-refractivity contribution is -0.128. The second-order valence-corrected chi connectivity index (χ2v) is 4.36. The number of carbonyl (C=O) groups excluding carboxylic acids is 1. The maximum atomic E-state index is 13.2. The van der Waals surface area contributed by atoms with E-state index >= 15 is 0 Å². The molecule has 2 aromatic rings. The first-order valence-corrected chi connectivity index (χ1v) is 6.43. The Balaban J connectivity index is 2.26. The van der Waals surface area contributed by atoms with Gasteiger partial charge in [-0.2, -0.15) is 5.26 Å². The molecule has 1 amide bonds. The van der Waals surface area contributed by atoms with Gasteiger partial charge < -0.3 is 10.1 Å². The molecule has 0 bridgehead atoms. The van der Waals surface area contributed by atoms with E-state index in [0.717, 1.165) is 12.1 Å². The Morgan fingerprint density at radius 1 is 1.18 bits per heavy atom. The first-order valence-electron chi connectivity index (χ1n) is 6.43. The van der Waals surface area contributed by atoms with E-state index < -0.39 is 23.6 Å². The number of carbonyl (C=O) groups is 1. The van der Waals surface area contributed by atoms with Crippen molar-refractivity contribution in [2.75, 3.05) is 6.54 Å². The maximum Gasteiger partial charge on any atom is 0.266 e. The lowest BCUT2D eigenvalue weighted by Crippen LogP contribution is -2.32. The lowest BCUT2D eigenvalue weighted by atomic mass is 10.1. The van der Waals surface area contributed by atoms with Crippen LogP contribution in [0.15, 0.2) is 48.5 Å². The van der Waals surface area contributed by atoms with E-state index in [9.17, 15) is 13.6 Å². The normalized spacial score (nSPS) is 11.3. The number of rotatable bonds is 5. The topological polar surface area (TPSA) is 62.1 Å². The van der Waals surface area contributed by atoms with Crippen LogP contribution in [0.5, 0.6) is 5.75 Å². The van der Waals surface area contributed by atoms with Gasteiger partial charge in [0, 0.05) is 11.6 Å². The number of nitrogens with zero attached hydrogens (tertiary/aromatic N) is 1. The Kier molecular flexibility index (Phi) is 5.04. The van der Waals surface area contributed by atoms with Gasteiger partial charge in [-0.1, -0.05) is 30.3 Å². The van der Waals surface area contributed by atoms with Gasteiger partial charge in [0.2, 0.25) is 6.10 Å². The number of benzene rings is 2. The Morgan fingerprint density at radius 3 is 2.55 bits per heavy atom. The van der Waals surface area contributed by atoms with Crippen LogP contribution in [0.1, 0.15) is 11.7 Å². The summed E-state index contributed by atoms with van der Waals surface area (Å²) in [6.45, 7) is -0.177. The van der Waals surface area contributed by atoms with Gasteiger partial charge >= 0.3 is 0 Å². The van der Waals surface area contributed by atoms with E-state index in [4.69, 9.17) is 10.00 Å². The summed E-state index contributed by atoms with van der Waals surface area (Å²) in [6, 6.07) is 13.3. The van der Waals surface area contributed by atoms with E-state index in [1.165, 1.54) is 6.07 Å². The van der Waals surface area contributed by atoms with E-state index in [0.29, 0.717) is 5.56 Å². The molecule has 2 rings (SSSR count). The second kappa shape index (κ2) is 7.18. The van der Waals surface area contributed by atoms with Crippen molar-refractivity contribution in [3.63, 3.8) is 0 Å². The largest absolute Gasteiger partial charge is 0.476 e. The monoisotopic (exact) mass is 302 g/mol. The number of ether oxygens (including phenoxy) is 1. The van der Waals surface area contributed by atoms with Crippen LogP contribution in [0.2, 0.25) is 0 Å². The molecule has 112 valence electrons. The average Bonchev–Trinajstić information content (AvgIpc) is 2.54. The molecule has 0 aliphatic heterocycles. The number of nitrogens with one attached hydrogen (secondary N) is 1. The standard InChI is InChI=1S/C16H12F2N2O2/c17-13-7-6-12(10-14(13)18)22-15(16(21)20-9-8-19)11-4-2-1-3-5-11/h1-7,10,15H,9H2,(H,20,21)/t15-/m1/s1. The second-order valence-electron chi connectivity index (χ2n) is 4.36. The fraction of sp³-hybridized carbons (Fsp3) is 0.125. The molecule has 1 atom stereocenters. The number of amides is 1. The van der Waals surface area contributed by atoms with Crippen LogP contribution in [0.25, 0.3) is 0 Å². The van der Waals surface area contributed by atoms with Crippen molar-refractivity contribution in [1.29, 1.82) is 5.26 Å². The van der Waals surface area contributed by atoms with Gasteiger partial charge in [-0.3, -0.25) is 4.79 Å². The minimum atomic E-state index is -1.07. The summed E-state index contributed by atoms with van der Waals surface area (Å²) < 4.78 is 31.6. The van der Waals surface area contributed by atoms with Gasteiger partial charge in [0.1, 0.15) is 12.3 Å². The molecule has 6 heteroatoms. The van der Waals surface area contributed by atoms with Crippen LogP contribution in [0, 0.1) is 23.0 Å². The van der Waals surface area contributed by atoms with Crippen LogP contribution < -0.4 is 10.1 Å². The fourth-order valence-corrected chi connectivity index (χ4v) is 1.81. The molecule has 0 spiro atoms. The van der Waals surface area contributed by atoms with Gasteiger partial charge in [0.15, 0.2) is 11.6 Å². The molecule has 0 aliphatic carbocycles. The molecule has 0 saturated carbocycles. The van der Waals surface area contributed by atoms with Crippen LogP contribution in [-0.4, -0.2) is 12.5 Å². The molecule has 1 N–H and O–H groups in total. The summed E-state index contributed by atoms with van der Waals surface area (Å²) in [5.41, 5.74) is 0.530. The van der Waals surface area contributed by atoms with Crippen molar-refractivity contribution in [2.24, 2.45) is 0 Å². The Labute approximate surface area is 125 Å². The van der Waals surface area contributed by atoms with Crippen LogP contribution in [0.3, 0.4) is 0 Å². The van der Waals surface area contributed by atoms with Crippen molar-refractivity contribution in [3.05, 3.63) is 65.7 Å².